The number of fused-ring (bicyclic) bond motifs is 1. The van der Waals surface area contributed by atoms with E-state index in [4.69, 9.17) is 5.73 Å². The van der Waals surface area contributed by atoms with Crippen molar-refractivity contribution in [3.63, 3.8) is 0 Å². The number of primary amides is 1. The number of benzene rings is 1. The average Bonchev–Trinajstić information content (AvgIpc) is 3.10. The third kappa shape index (κ3) is 3.47. The number of hydrogen-bond donors (Lipinski definition) is 3. The van der Waals surface area contributed by atoms with Crippen LogP contribution in [-0.2, 0) is 0 Å². The van der Waals surface area contributed by atoms with Crippen molar-refractivity contribution in [2.45, 2.75) is 19.9 Å². The van der Waals surface area contributed by atoms with Crippen molar-refractivity contribution in [3.05, 3.63) is 60.7 Å². The lowest BCUT2D eigenvalue weighted by Gasteiger charge is -2.09. The second-order valence-electron chi connectivity index (χ2n) is 6.92. The minimum Gasteiger partial charge on any atom is -0.506 e. The predicted molar refractivity (Wildman–Crippen MR) is 111 cm³/mol. The highest BCUT2D eigenvalue weighted by Gasteiger charge is 2.14. The molecule has 0 saturated carbocycles. The average molecular weight is 388 g/mol. The molecule has 0 aliphatic carbocycles. The van der Waals surface area contributed by atoms with Crippen molar-refractivity contribution in [2.24, 2.45) is 5.73 Å². The Labute approximate surface area is 167 Å². The van der Waals surface area contributed by atoms with Gasteiger partial charge < -0.3 is 20.7 Å². The Morgan fingerprint density at radius 2 is 2.03 bits per heavy atom. The number of nitrogens with two attached hydrogens (primary N) is 1. The van der Waals surface area contributed by atoms with Gasteiger partial charge in [0.25, 0.3) is 0 Å². The smallest absolute Gasteiger partial charge is 0.248 e. The van der Waals surface area contributed by atoms with Crippen LogP contribution in [0.4, 0.5) is 11.6 Å². The summed E-state index contributed by atoms with van der Waals surface area (Å²) in [5, 5.41) is 14.1. The molecule has 0 aliphatic rings. The van der Waals surface area contributed by atoms with E-state index in [0.29, 0.717) is 11.6 Å². The third-order valence-corrected chi connectivity index (χ3v) is 4.65. The van der Waals surface area contributed by atoms with Gasteiger partial charge in [0.15, 0.2) is 0 Å². The molecule has 0 aliphatic heterocycles. The Morgan fingerprint density at radius 1 is 1.21 bits per heavy atom. The van der Waals surface area contributed by atoms with Crippen LogP contribution in [0.1, 0.15) is 30.2 Å². The number of hydrogen-bond acceptors (Lipinski definition) is 6. The first-order valence-electron chi connectivity index (χ1n) is 9.12. The Bertz CT molecular complexity index is 1220. The van der Waals surface area contributed by atoms with E-state index in [2.05, 4.69) is 38.7 Å². The summed E-state index contributed by atoms with van der Waals surface area (Å²) in [6.45, 7) is 4.22. The van der Waals surface area contributed by atoms with Crippen LogP contribution in [0.5, 0.6) is 5.75 Å². The fourth-order valence-electron chi connectivity index (χ4n) is 3.21. The lowest BCUT2D eigenvalue weighted by molar-refractivity contribution is 0.100. The summed E-state index contributed by atoms with van der Waals surface area (Å²) in [7, 11) is 0. The molecule has 3 aromatic heterocycles. The summed E-state index contributed by atoms with van der Waals surface area (Å²) >= 11 is 0. The molecular formula is C21H20N6O2. The zero-order valence-corrected chi connectivity index (χ0v) is 16.0. The van der Waals surface area contributed by atoms with Crippen LogP contribution in [-0.4, -0.2) is 30.5 Å². The van der Waals surface area contributed by atoms with Crippen molar-refractivity contribution in [3.8, 4) is 17.0 Å². The molecule has 4 rings (SSSR count). The molecular weight excluding hydrogens is 368 g/mol. The van der Waals surface area contributed by atoms with Gasteiger partial charge in [0.05, 0.1) is 23.1 Å². The molecule has 0 atom stereocenters. The van der Waals surface area contributed by atoms with Gasteiger partial charge >= 0.3 is 0 Å². The summed E-state index contributed by atoms with van der Waals surface area (Å²) in [5.74, 6) is -0.330. The maximum Gasteiger partial charge on any atom is 0.248 e. The maximum atomic E-state index is 11.4. The number of rotatable bonds is 5. The van der Waals surface area contributed by atoms with Gasteiger partial charge in [-0.15, -0.1) is 0 Å². The van der Waals surface area contributed by atoms with Crippen molar-refractivity contribution in [1.82, 2.24) is 19.5 Å². The van der Waals surface area contributed by atoms with Gasteiger partial charge in [-0.2, -0.15) is 0 Å². The summed E-state index contributed by atoms with van der Waals surface area (Å²) in [4.78, 5) is 24.5. The summed E-state index contributed by atoms with van der Waals surface area (Å²) < 4.78 is 2.15. The first-order valence-corrected chi connectivity index (χ1v) is 9.12. The van der Waals surface area contributed by atoms with Gasteiger partial charge in [-0.25, -0.2) is 9.97 Å². The molecule has 0 saturated heterocycles. The van der Waals surface area contributed by atoms with Gasteiger partial charge in [-0.3, -0.25) is 9.78 Å². The van der Waals surface area contributed by atoms with Crippen molar-refractivity contribution in [2.75, 3.05) is 5.32 Å². The van der Waals surface area contributed by atoms with Crippen molar-refractivity contribution in [1.29, 1.82) is 0 Å². The molecule has 3 heterocycles. The molecule has 1 aromatic carbocycles. The SMILES string of the molecule is CC(C)n1cc(-c2ccnc(Nc3cc(C(N)=O)ccc3O)n2)c2ccncc21. The molecule has 0 unspecified atom stereocenters. The summed E-state index contributed by atoms with van der Waals surface area (Å²) in [6, 6.07) is 8.36. The normalized spacial score (nSPS) is 11.1. The topological polar surface area (TPSA) is 119 Å². The van der Waals surface area contributed by atoms with E-state index < -0.39 is 5.91 Å². The van der Waals surface area contributed by atoms with Crippen LogP contribution in [0.15, 0.2) is 55.1 Å². The summed E-state index contributed by atoms with van der Waals surface area (Å²) in [6.07, 6.45) is 7.28. The van der Waals surface area contributed by atoms with Crippen LogP contribution >= 0.6 is 0 Å². The number of phenols is 1. The lowest BCUT2D eigenvalue weighted by atomic mass is 10.1. The Morgan fingerprint density at radius 3 is 2.79 bits per heavy atom. The van der Waals surface area contributed by atoms with E-state index in [9.17, 15) is 9.90 Å². The van der Waals surface area contributed by atoms with Gasteiger partial charge in [0, 0.05) is 41.1 Å². The molecule has 0 radical (unpaired) electrons. The van der Waals surface area contributed by atoms with Crippen molar-refractivity contribution < 1.29 is 9.90 Å². The number of anilines is 2. The molecule has 0 fully saturated rings. The fraction of sp³-hybridized carbons (Fsp3) is 0.143. The standard InChI is InChI=1S/C21H20N6O2/c1-12(2)27-11-15(14-5-7-23-10-18(14)27)16-6-8-24-21(25-16)26-17-9-13(20(22)29)3-4-19(17)28/h3-12,28H,1-2H3,(H2,22,29)(H,24,25,26). The molecule has 0 spiro atoms. The fourth-order valence-corrected chi connectivity index (χ4v) is 3.21. The van der Waals surface area contributed by atoms with Crippen LogP contribution < -0.4 is 11.1 Å². The number of amides is 1. The molecule has 8 heteroatoms. The molecule has 1 amide bonds. The van der Waals surface area contributed by atoms with Crippen LogP contribution in [0.25, 0.3) is 22.2 Å². The van der Waals surface area contributed by atoms with Crippen LogP contribution in [0.3, 0.4) is 0 Å². The van der Waals surface area contributed by atoms with E-state index in [1.807, 2.05) is 24.5 Å². The predicted octanol–water partition coefficient (Wildman–Crippen LogP) is 3.62. The Hall–Kier alpha value is -3.94. The number of aromatic hydroxyl groups is 1. The number of carbonyl (C=O) groups is 1. The second-order valence-corrected chi connectivity index (χ2v) is 6.92. The van der Waals surface area contributed by atoms with Gasteiger partial charge in [0.2, 0.25) is 11.9 Å². The number of aromatic nitrogens is 4. The number of phenolic OH excluding ortho intramolecular Hbond substituents is 1. The second kappa shape index (κ2) is 7.23. The minimum absolute atomic E-state index is 0.0357. The molecule has 0 bridgehead atoms. The third-order valence-electron chi connectivity index (χ3n) is 4.65. The van der Waals surface area contributed by atoms with E-state index in [1.54, 1.807) is 12.4 Å². The van der Waals surface area contributed by atoms with E-state index in [-0.39, 0.29) is 17.4 Å². The van der Waals surface area contributed by atoms with E-state index in [1.165, 1.54) is 18.2 Å². The number of carbonyl (C=O) groups excluding carboxylic acids is 1. The lowest BCUT2D eigenvalue weighted by Crippen LogP contribution is -2.11. The number of pyridine rings is 1. The summed E-state index contributed by atoms with van der Waals surface area (Å²) in [5.41, 5.74) is 8.60. The monoisotopic (exact) mass is 388 g/mol. The Balaban J connectivity index is 1.75. The van der Waals surface area contributed by atoms with Gasteiger partial charge in [-0.1, -0.05) is 0 Å². The van der Waals surface area contributed by atoms with E-state index >= 15 is 0 Å². The first-order chi connectivity index (χ1) is 13.9. The molecule has 29 heavy (non-hydrogen) atoms. The highest BCUT2D eigenvalue weighted by Crippen LogP contribution is 2.32. The minimum atomic E-state index is -0.585. The van der Waals surface area contributed by atoms with E-state index in [0.717, 1.165) is 22.2 Å². The number of nitrogens with one attached hydrogen (secondary N) is 1. The largest absolute Gasteiger partial charge is 0.506 e. The van der Waals surface area contributed by atoms with Gasteiger partial charge in [-0.05, 0) is 44.2 Å². The van der Waals surface area contributed by atoms with Crippen LogP contribution in [0.2, 0.25) is 0 Å². The van der Waals surface area contributed by atoms with Crippen LogP contribution in [0, 0.1) is 0 Å². The van der Waals surface area contributed by atoms with Gasteiger partial charge in [0.1, 0.15) is 5.75 Å². The molecule has 4 N–H and O–H groups in total. The molecule has 8 nitrogen and oxygen atoms in total. The molecule has 146 valence electrons. The maximum absolute atomic E-state index is 11.4. The number of nitrogens with zero attached hydrogens (tertiary/aromatic N) is 4. The van der Waals surface area contributed by atoms with Crippen molar-refractivity contribution >= 4 is 28.4 Å². The molecule has 4 aromatic rings. The first kappa shape index (κ1) is 18.4. The zero-order valence-electron chi connectivity index (χ0n) is 16.0. The quantitative estimate of drug-likeness (QED) is 0.449. The Kier molecular flexibility index (Phi) is 4.59. The zero-order chi connectivity index (χ0) is 20.5. The highest BCUT2D eigenvalue weighted by atomic mass is 16.3. The highest BCUT2D eigenvalue weighted by molar-refractivity contribution is 5.95.